The van der Waals surface area contributed by atoms with Crippen molar-refractivity contribution in [2.45, 2.75) is 0 Å². The summed E-state index contributed by atoms with van der Waals surface area (Å²) in [6.07, 6.45) is 1.59. The summed E-state index contributed by atoms with van der Waals surface area (Å²) in [6, 6.07) is 3.26. The molecule has 0 bridgehead atoms. The zero-order valence-electron chi connectivity index (χ0n) is 8.39. The molecule has 0 fully saturated rings. The summed E-state index contributed by atoms with van der Waals surface area (Å²) in [7, 11) is 3.21. The highest BCUT2D eigenvalue weighted by Crippen LogP contribution is 2.26. The van der Waals surface area contributed by atoms with Crippen molar-refractivity contribution in [2.24, 2.45) is 7.05 Å². The number of carboxylic acid groups (broad SMARTS) is 1. The van der Waals surface area contributed by atoms with Crippen LogP contribution in [0.4, 0.5) is 0 Å². The van der Waals surface area contributed by atoms with E-state index in [0.29, 0.717) is 16.8 Å². The molecule has 0 aliphatic carbocycles. The third kappa shape index (κ3) is 1.32. The second-order valence-electron chi connectivity index (χ2n) is 3.14. The first-order valence-electron chi connectivity index (χ1n) is 4.37. The summed E-state index contributed by atoms with van der Waals surface area (Å²) in [4.78, 5) is 15.0. The first-order chi connectivity index (χ1) is 7.15. The number of nitrogens with zero attached hydrogens (tertiary/aromatic N) is 2. The topological polar surface area (TPSA) is 64.3 Å². The Labute approximate surface area is 85.9 Å². The van der Waals surface area contributed by atoms with Gasteiger partial charge in [-0.2, -0.15) is 0 Å². The number of aromatic nitrogens is 2. The number of fused-ring (bicyclic) bond motifs is 1. The molecule has 0 unspecified atom stereocenters. The van der Waals surface area contributed by atoms with Crippen LogP contribution in [0.2, 0.25) is 0 Å². The Bertz CT molecular complexity index is 531. The summed E-state index contributed by atoms with van der Waals surface area (Å²) >= 11 is 0. The molecule has 0 amide bonds. The summed E-state index contributed by atoms with van der Waals surface area (Å²) in [5.41, 5.74) is 0.800. The molecule has 0 saturated carbocycles. The van der Waals surface area contributed by atoms with Gasteiger partial charge in [-0.1, -0.05) is 0 Å². The van der Waals surface area contributed by atoms with Gasteiger partial charge in [0, 0.05) is 13.2 Å². The number of rotatable bonds is 2. The highest BCUT2D eigenvalue weighted by Gasteiger charge is 2.14. The molecule has 2 aromatic rings. The average molecular weight is 206 g/mol. The molecule has 0 aliphatic rings. The van der Waals surface area contributed by atoms with Gasteiger partial charge in [0.1, 0.15) is 17.1 Å². The predicted molar refractivity (Wildman–Crippen MR) is 54.2 cm³/mol. The van der Waals surface area contributed by atoms with Crippen LogP contribution in [0.5, 0.6) is 5.75 Å². The van der Waals surface area contributed by atoms with Crippen molar-refractivity contribution in [1.82, 2.24) is 9.55 Å². The third-order valence-electron chi connectivity index (χ3n) is 2.33. The maximum Gasteiger partial charge on any atom is 0.352 e. The van der Waals surface area contributed by atoms with Gasteiger partial charge < -0.3 is 14.4 Å². The zero-order valence-corrected chi connectivity index (χ0v) is 8.39. The summed E-state index contributed by atoms with van der Waals surface area (Å²) in [5.74, 6) is -0.347. The monoisotopic (exact) mass is 206 g/mol. The number of methoxy groups -OCH3 is 1. The number of hydrogen-bond acceptors (Lipinski definition) is 3. The number of carbonyl (C=O) groups is 1. The highest BCUT2D eigenvalue weighted by atomic mass is 16.5. The van der Waals surface area contributed by atoms with Crippen LogP contribution in [0, 0.1) is 0 Å². The van der Waals surface area contributed by atoms with Crippen LogP contribution in [0.15, 0.2) is 18.3 Å². The normalized spacial score (nSPS) is 10.5. The second-order valence-corrected chi connectivity index (χ2v) is 3.14. The van der Waals surface area contributed by atoms with E-state index in [1.54, 1.807) is 32.5 Å². The van der Waals surface area contributed by atoms with Crippen LogP contribution in [0.25, 0.3) is 11.0 Å². The lowest BCUT2D eigenvalue weighted by atomic mass is 10.3. The van der Waals surface area contributed by atoms with Gasteiger partial charge in [-0.05, 0) is 12.1 Å². The fourth-order valence-electron chi connectivity index (χ4n) is 1.58. The Morgan fingerprint density at radius 3 is 2.93 bits per heavy atom. The van der Waals surface area contributed by atoms with E-state index in [4.69, 9.17) is 9.84 Å². The lowest BCUT2D eigenvalue weighted by Crippen LogP contribution is -2.04. The molecule has 5 heteroatoms. The van der Waals surface area contributed by atoms with Crippen molar-refractivity contribution < 1.29 is 14.6 Å². The minimum atomic E-state index is -0.974. The van der Waals surface area contributed by atoms with Gasteiger partial charge in [0.2, 0.25) is 0 Å². The maximum absolute atomic E-state index is 10.9. The summed E-state index contributed by atoms with van der Waals surface area (Å²) in [6.45, 7) is 0. The zero-order chi connectivity index (χ0) is 11.0. The number of hydrogen-bond donors (Lipinski definition) is 1. The smallest absolute Gasteiger partial charge is 0.352 e. The molecule has 0 spiro atoms. The molecule has 78 valence electrons. The van der Waals surface area contributed by atoms with Crippen LogP contribution in [0.3, 0.4) is 0 Å². The van der Waals surface area contributed by atoms with Gasteiger partial charge in [-0.15, -0.1) is 0 Å². The van der Waals surface area contributed by atoms with Gasteiger partial charge >= 0.3 is 5.97 Å². The van der Waals surface area contributed by atoms with E-state index in [1.807, 2.05) is 0 Å². The molecule has 0 saturated heterocycles. The van der Waals surface area contributed by atoms with Crippen molar-refractivity contribution in [1.29, 1.82) is 0 Å². The average Bonchev–Trinajstić information content (AvgIpc) is 2.56. The fourth-order valence-corrected chi connectivity index (χ4v) is 1.58. The van der Waals surface area contributed by atoms with E-state index < -0.39 is 5.97 Å². The lowest BCUT2D eigenvalue weighted by Gasteiger charge is -2.01. The molecule has 2 rings (SSSR count). The molecule has 0 radical (unpaired) electrons. The Kier molecular flexibility index (Phi) is 2.07. The molecule has 15 heavy (non-hydrogen) atoms. The van der Waals surface area contributed by atoms with E-state index in [-0.39, 0.29) is 5.69 Å². The molecule has 1 N–H and O–H groups in total. The third-order valence-corrected chi connectivity index (χ3v) is 2.33. The summed E-state index contributed by atoms with van der Waals surface area (Å²) < 4.78 is 6.66. The molecule has 0 atom stereocenters. The van der Waals surface area contributed by atoms with Crippen LogP contribution in [-0.2, 0) is 7.05 Å². The van der Waals surface area contributed by atoms with Gasteiger partial charge in [-0.25, -0.2) is 9.78 Å². The molecule has 0 aliphatic heterocycles. The molecular formula is C10H10N2O3. The van der Waals surface area contributed by atoms with Crippen molar-refractivity contribution in [2.75, 3.05) is 7.11 Å². The van der Waals surface area contributed by atoms with Gasteiger partial charge in [0.15, 0.2) is 0 Å². The van der Waals surface area contributed by atoms with E-state index in [9.17, 15) is 4.79 Å². The van der Waals surface area contributed by atoms with Crippen molar-refractivity contribution in [3.63, 3.8) is 0 Å². The van der Waals surface area contributed by atoms with E-state index in [2.05, 4.69) is 4.98 Å². The molecule has 0 aromatic carbocycles. The quantitative estimate of drug-likeness (QED) is 0.803. The van der Waals surface area contributed by atoms with Crippen LogP contribution >= 0.6 is 0 Å². The highest BCUT2D eigenvalue weighted by molar-refractivity contribution is 5.95. The molecule has 5 nitrogen and oxygen atoms in total. The van der Waals surface area contributed by atoms with Gasteiger partial charge in [-0.3, -0.25) is 0 Å². The van der Waals surface area contributed by atoms with Crippen molar-refractivity contribution >= 4 is 17.0 Å². The standard InChI is InChI=1S/C10H10N2O3/c1-12-7(10(13)14)5-6-8(15-2)3-4-11-9(6)12/h3-5H,1-2H3,(H,13,14). The lowest BCUT2D eigenvalue weighted by molar-refractivity contribution is 0.0687. The Hall–Kier alpha value is -2.04. The van der Waals surface area contributed by atoms with Crippen LogP contribution in [0.1, 0.15) is 10.5 Å². The largest absolute Gasteiger partial charge is 0.496 e. The van der Waals surface area contributed by atoms with E-state index in [1.165, 1.54) is 4.57 Å². The Balaban J connectivity index is 2.81. The molecule has 2 aromatic heterocycles. The van der Waals surface area contributed by atoms with Crippen LogP contribution in [-0.4, -0.2) is 27.7 Å². The van der Waals surface area contributed by atoms with Crippen LogP contribution < -0.4 is 4.74 Å². The number of aromatic carboxylic acids is 1. The summed E-state index contributed by atoms with van der Waals surface area (Å²) in [5, 5.41) is 9.65. The minimum absolute atomic E-state index is 0.196. The van der Waals surface area contributed by atoms with Crippen molar-refractivity contribution in [3.05, 3.63) is 24.0 Å². The Morgan fingerprint density at radius 1 is 1.60 bits per heavy atom. The van der Waals surface area contributed by atoms with E-state index >= 15 is 0 Å². The van der Waals surface area contributed by atoms with Crippen molar-refractivity contribution in [3.8, 4) is 5.75 Å². The Morgan fingerprint density at radius 2 is 2.33 bits per heavy atom. The predicted octanol–water partition coefficient (Wildman–Crippen LogP) is 1.28. The number of pyridine rings is 1. The number of carboxylic acids is 1. The first kappa shape index (κ1) is 9.51. The SMILES string of the molecule is COc1ccnc2c1cc(C(=O)O)n2C. The minimum Gasteiger partial charge on any atom is -0.496 e. The van der Waals surface area contributed by atoms with Gasteiger partial charge in [0.05, 0.1) is 12.5 Å². The maximum atomic E-state index is 10.9. The molecular weight excluding hydrogens is 196 g/mol. The molecule has 2 heterocycles. The number of ether oxygens (including phenoxy) is 1. The van der Waals surface area contributed by atoms with E-state index in [0.717, 1.165) is 0 Å². The fraction of sp³-hybridized carbons (Fsp3) is 0.200. The number of aryl methyl sites for hydroxylation is 1. The first-order valence-corrected chi connectivity index (χ1v) is 4.37. The van der Waals surface area contributed by atoms with Gasteiger partial charge in [0.25, 0.3) is 0 Å². The second kappa shape index (κ2) is 3.27.